The van der Waals surface area contributed by atoms with E-state index in [1.165, 1.54) is 17.3 Å². The number of hydrogen-bond acceptors (Lipinski definition) is 3. The highest BCUT2D eigenvalue weighted by atomic mass is 32.2. The van der Waals surface area contributed by atoms with Gasteiger partial charge in [0.2, 0.25) is 0 Å². The molecule has 0 bridgehead atoms. The Balaban J connectivity index is 2.38. The summed E-state index contributed by atoms with van der Waals surface area (Å²) in [6.45, 7) is 0. The number of hydrogen-bond donors (Lipinski definition) is 0. The van der Waals surface area contributed by atoms with Crippen molar-refractivity contribution in [2.75, 3.05) is 0 Å². The second kappa shape index (κ2) is 4.67. The van der Waals surface area contributed by atoms with E-state index in [1.54, 1.807) is 0 Å². The third-order valence-corrected chi connectivity index (χ3v) is 3.54. The monoisotopic (exact) mass is 250 g/mol. The Kier molecular flexibility index (Phi) is 2.87. The Hall–Kier alpha value is -2.05. The molecule has 0 radical (unpaired) electrons. The Labute approximate surface area is 109 Å². The summed E-state index contributed by atoms with van der Waals surface area (Å²) in [5, 5.41) is 13.2. The van der Waals surface area contributed by atoms with E-state index in [2.05, 4.69) is 22.5 Å². The van der Waals surface area contributed by atoms with Gasteiger partial charge in [-0.05, 0) is 29.5 Å². The standard InChI is InChI=1S/C15H10N2S/c16-10-18-9-13-11-5-1-3-7-14(11)17-15-8-4-2-6-12(13)15/h1-8H,9H2. The molecule has 3 heteroatoms. The molecular weight excluding hydrogens is 240 g/mol. The number of nitrogens with zero attached hydrogens (tertiary/aromatic N) is 2. The van der Waals surface area contributed by atoms with E-state index in [0.717, 1.165) is 21.8 Å². The van der Waals surface area contributed by atoms with Crippen LogP contribution >= 0.6 is 11.8 Å². The van der Waals surface area contributed by atoms with E-state index in [-0.39, 0.29) is 0 Å². The first-order valence-electron chi connectivity index (χ1n) is 5.67. The zero-order chi connectivity index (χ0) is 12.4. The van der Waals surface area contributed by atoms with Gasteiger partial charge < -0.3 is 0 Å². The zero-order valence-corrected chi connectivity index (χ0v) is 10.4. The first-order valence-corrected chi connectivity index (χ1v) is 6.66. The number of thiocyanates is 1. The molecule has 0 aliphatic rings. The Morgan fingerprint density at radius 2 is 1.50 bits per heavy atom. The van der Waals surface area contributed by atoms with Gasteiger partial charge in [0.1, 0.15) is 5.40 Å². The number of benzene rings is 2. The average molecular weight is 250 g/mol. The molecule has 3 rings (SSSR count). The maximum Gasteiger partial charge on any atom is 0.133 e. The summed E-state index contributed by atoms with van der Waals surface area (Å²) in [5.74, 6) is 0.694. The molecule has 2 aromatic carbocycles. The second-order valence-electron chi connectivity index (χ2n) is 4.00. The van der Waals surface area contributed by atoms with Crippen molar-refractivity contribution in [1.29, 1.82) is 5.26 Å². The maximum atomic E-state index is 8.77. The molecule has 0 unspecified atom stereocenters. The van der Waals surface area contributed by atoms with E-state index in [9.17, 15) is 0 Å². The van der Waals surface area contributed by atoms with E-state index in [1.807, 2.05) is 36.4 Å². The molecule has 0 atom stereocenters. The topological polar surface area (TPSA) is 36.7 Å². The van der Waals surface area contributed by atoms with Gasteiger partial charge >= 0.3 is 0 Å². The van der Waals surface area contributed by atoms with Crippen molar-refractivity contribution >= 4 is 33.6 Å². The third-order valence-electron chi connectivity index (χ3n) is 2.98. The molecule has 0 amide bonds. The average Bonchev–Trinajstić information content (AvgIpc) is 2.43. The summed E-state index contributed by atoms with van der Waals surface area (Å²) < 4.78 is 0. The van der Waals surface area contributed by atoms with Crippen LogP contribution in [0.25, 0.3) is 21.8 Å². The highest BCUT2D eigenvalue weighted by molar-refractivity contribution is 8.03. The number of rotatable bonds is 2. The fraction of sp³-hybridized carbons (Fsp3) is 0.0667. The van der Waals surface area contributed by atoms with Crippen molar-refractivity contribution in [3.63, 3.8) is 0 Å². The summed E-state index contributed by atoms with van der Waals surface area (Å²) >= 11 is 1.27. The number of para-hydroxylation sites is 2. The molecule has 0 aliphatic carbocycles. The van der Waals surface area contributed by atoms with Crippen LogP contribution in [0.3, 0.4) is 0 Å². The van der Waals surface area contributed by atoms with Crippen LogP contribution in [0, 0.1) is 10.7 Å². The molecular formula is C15H10N2S. The predicted octanol–water partition coefficient (Wildman–Crippen LogP) is 4.10. The van der Waals surface area contributed by atoms with Crippen molar-refractivity contribution in [2.45, 2.75) is 5.75 Å². The quantitative estimate of drug-likeness (QED) is 0.507. The van der Waals surface area contributed by atoms with Crippen molar-refractivity contribution < 1.29 is 0 Å². The number of thioether (sulfide) groups is 1. The molecule has 0 aliphatic heterocycles. The highest BCUT2D eigenvalue weighted by Gasteiger charge is 2.08. The molecule has 0 fully saturated rings. The summed E-state index contributed by atoms with van der Waals surface area (Å²) in [5.41, 5.74) is 3.18. The summed E-state index contributed by atoms with van der Waals surface area (Å²) in [4.78, 5) is 4.65. The Morgan fingerprint density at radius 1 is 0.944 bits per heavy atom. The van der Waals surface area contributed by atoms with Crippen LogP contribution < -0.4 is 0 Å². The van der Waals surface area contributed by atoms with Crippen LogP contribution in [-0.4, -0.2) is 4.98 Å². The number of pyridine rings is 1. The number of aromatic nitrogens is 1. The minimum atomic E-state index is 0.694. The van der Waals surface area contributed by atoms with E-state index >= 15 is 0 Å². The molecule has 2 nitrogen and oxygen atoms in total. The lowest BCUT2D eigenvalue weighted by atomic mass is 10.0. The molecule has 0 saturated heterocycles. The normalized spacial score (nSPS) is 10.6. The van der Waals surface area contributed by atoms with Crippen LogP contribution in [0.2, 0.25) is 0 Å². The largest absolute Gasteiger partial charge is 0.248 e. The molecule has 0 saturated carbocycles. The highest BCUT2D eigenvalue weighted by Crippen LogP contribution is 2.28. The van der Waals surface area contributed by atoms with Crippen molar-refractivity contribution in [3.05, 3.63) is 54.1 Å². The van der Waals surface area contributed by atoms with Crippen molar-refractivity contribution in [1.82, 2.24) is 4.98 Å². The van der Waals surface area contributed by atoms with Crippen LogP contribution in [-0.2, 0) is 5.75 Å². The van der Waals surface area contributed by atoms with E-state index in [0.29, 0.717) is 5.75 Å². The fourth-order valence-electron chi connectivity index (χ4n) is 2.19. The first kappa shape index (κ1) is 11.1. The zero-order valence-electron chi connectivity index (χ0n) is 9.63. The lowest BCUT2D eigenvalue weighted by Crippen LogP contribution is -1.90. The van der Waals surface area contributed by atoms with Crippen LogP contribution in [0.5, 0.6) is 0 Å². The van der Waals surface area contributed by atoms with Gasteiger partial charge in [0.15, 0.2) is 0 Å². The molecule has 0 spiro atoms. The Morgan fingerprint density at radius 3 is 2.06 bits per heavy atom. The van der Waals surface area contributed by atoms with Gasteiger partial charge in [0.25, 0.3) is 0 Å². The third kappa shape index (κ3) is 1.81. The van der Waals surface area contributed by atoms with E-state index < -0.39 is 0 Å². The lowest BCUT2D eigenvalue weighted by Gasteiger charge is -2.08. The van der Waals surface area contributed by atoms with Crippen molar-refractivity contribution in [3.8, 4) is 5.40 Å². The van der Waals surface area contributed by atoms with Gasteiger partial charge in [-0.3, -0.25) is 0 Å². The number of fused-ring (bicyclic) bond motifs is 2. The fourth-order valence-corrected chi connectivity index (χ4v) is 2.71. The van der Waals surface area contributed by atoms with Crippen LogP contribution in [0.1, 0.15) is 5.56 Å². The SMILES string of the molecule is N#CSCc1c2ccccc2nc2ccccc12. The van der Waals surface area contributed by atoms with Gasteiger partial charge in [0, 0.05) is 16.5 Å². The molecule has 1 heterocycles. The summed E-state index contributed by atoms with van der Waals surface area (Å²) in [7, 11) is 0. The van der Waals surface area contributed by atoms with Crippen LogP contribution in [0.4, 0.5) is 0 Å². The molecule has 3 aromatic rings. The molecule has 0 N–H and O–H groups in total. The maximum absolute atomic E-state index is 8.77. The first-order chi connectivity index (χ1) is 8.90. The van der Waals surface area contributed by atoms with Crippen LogP contribution in [0.15, 0.2) is 48.5 Å². The van der Waals surface area contributed by atoms with Gasteiger partial charge in [0.05, 0.1) is 11.0 Å². The predicted molar refractivity (Wildman–Crippen MR) is 76.2 cm³/mol. The van der Waals surface area contributed by atoms with Gasteiger partial charge in [-0.1, -0.05) is 36.4 Å². The van der Waals surface area contributed by atoms with Gasteiger partial charge in [-0.2, -0.15) is 5.26 Å². The lowest BCUT2D eigenvalue weighted by molar-refractivity contribution is 1.43. The molecule has 1 aromatic heterocycles. The summed E-state index contributed by atoms with van der Waals surface area (Å²) in [6.07, 6.45) is 0. The number of nitriles is 1. The van der Waals surface area contributed by atoms with Gasteiger partial charge in [-0.25, -0.2) is 4.98 Å². The minimum Gasteiger partial charge on any atom is -0.248 e. The smallest absolute Gasteiger partial charge is 0.133 e. The molecule has 86 valence electrons. The second-order valence-corrected chi connectivity index (χ2v) is 4.76. The van der Waals surface area contributed by atoms with Gasteiger partial charge in [-0.15, -0.1) is 0 Å². The Bertz CT molecular complexity index is 705. The van der Waals surface area contributed by atoms with E-state index in [4.69, 9.17) is 5.26 Å². The molecule has 18 heavy (non-hydrogen) atoms. The van der Waals surface area contributed by atoms with Crippen molar-refractivity contribution in [2.24, 2.45) is 0 Å². The minimum absolute atomic E-state index is 0.694. The summed E-state index contributed by atoms with van der Waals surface area (Å²) in [6, 6.07) is 16.2.